The highest BCUT2D eigenvalue weighted by Crippen LogP contribution is 2.61. The quantitative estimate of drug-likeness (QED) is 0.0297. The minimum Gasteiger partial charge on any atom is -0.386 e. The normalized spacial score (nSPS) is 21.9. The largest absolute Gasteiger partial charge is 0.481 e. The summed E-state index contributed by atoms with van der Waals surface area (Å²) in [6.45, 7) is -0.553. The predicted molar refractivity (Wildman–Crippen MR) is 190 cm³/mol. The molecule has 2 aromatic heterocycles. The average Bonchev–Trinajstić information content (AvgIpc) is 3.67. The molecule has 34 heteroatoms. The van der Waals surface area contributed by atoms with Crippen molar-refractivity contribution >= 4 is 69.1 Å². The van der Waals surface area contributed by atoms with Crippen LogP contribution in [-0.4, -0.2) is 171 Å². The fraction of sp³-hybridized carbons (Fsp3) is 0.680. The number of nitrogens with one attached hydrogen (secondary N) is 2. The molecular weight excluding hydrogens is 891 g/mol. The van der Waals surface area contributed by atoms with Crippen LogP contribution in [0.15, 0.2) is 12.7 Å². The van der Waals surface area contributed by atoms with Crippen LogP contribution < -0.4 is 16.4 Å². The molecule has 0 aromatic carbocycles. The fourth-order valence-corrected chi connectivity index (χ4v) is 8.27. The summed E-state index contributed by atoms with van der Waals surface area (Å²) in [7, 11) is -16.6. The molecule has 0 bridgehead atoms. The number of aromatic nitrogens is 4. The van der Waals surface area contributed by atoms with E-state index in [1.165, 1.54) is 0 Å². The van der Waals surface area contributed by atoms with Gasteiger partial charge in [-0.2, -0.15) is 4.31 Å². The van der Waals surface area contributed by atoms with Crippen LogP contribution >= 0.6 is 35.2 Å². The number of thioether (sulfide) groups is 1. The van der Waals surface area contributed by atoms with Crippen molar-refractivity contribution < 1.29 is 111 Å². The lowest BCUT2D eigenvalue weighted by Gasteiger charge is -2.33. The SMILES string of the molecule is CC(C)(COP(=O)(O)OP(=O)(O)OC[C@H]1O[C@@H](n2cnc3c(N)ncnc32)[C@H](O)[C@@H]1OP(=O)(O)O)[C@@H](O)C(=O)NCCC(=O)NCCSC(=O)C(O)(O)C(O)(O)C(O)O. The van der Waals surface area contributed by atoms with Crippen molar-refractivity contribution in [3.63, 3.8) is 0 Å². The molecule has 2 amide bonds. The smallest absolute Gasteiger partial charge is 0.386 e. The molecule has 59 heavy (non-hydrogen) atoms. The van der Waals surface area contributed by atoms with E-state index in [0.717, 1.165) is 31.1 Å². The molecule has 3 heterocycles. The highest BCUT2D eigenvalue weighted by atomic mass is 32.2. The summed E-state index contributed by atoms with van der Waals surface area (Å²) in [6, 6.07) is 0. The Bertz CT molecular complexity index is 1960. The maximum absolute atomic E-state index is 12.7. The van der Waals surface area contributed by atoms with Crippen molar-refractivity contribution in [1.82, 2.24) is 30.2 Å². The van der Waals surface area contributed by atoms with Gasteiger partial charge in [0.25, 0.3) is 16.7 Å². The number of fused-ring (bicyclic) bond motifs is 1. The van der Waals surface area contributed by atoms with Crippen molar-refractivity contribution in [2.75, 3.05) is 37.8 Å². The minimum absolute atomic E-state index is 0.00251. The molecule has 2 aromatic rings. The molecule has 0 spiro atoms. The first-order chi connectivity index (χ1) is 26.9. The van der Waals surface area contributed by atoms with Crippen LogP contribution in [0.5, 0.6) is 0 Å². The number of ether oxygens (including phenoxy) is 1. The first-order valence-electron chi connectivity index (χ1n) is 16.2. The lowest BCUT2D eigenvalue weighted by molar-refractivity contribution is -0.394. The lowest BCUT2D eigenvalue weighted by Crippen LogP contribution is -2.64. The molecule has 2 unspecified atom stereocenters. The molecule has 16 N–H and O–H groups in total. The third kappa shape index (κ3) is 13.4. The Balaban J connectivity index is 1.48. The Labute approximate surface area is 334 Å². The van der Waals surface area contributed by atoms with Gasteiger partial charge in [0.15, 0.2) is 17.7 Å². The molecule has 30 nitrogen and oxygen atoms in total. The van der Waals surface area contributed by atoms with Gasteiger partial charge in [-0.3, -0.25) is 32.5 Å². The topological polar surface area (TPSA) is 485 Å². The number of carbonyl (C=O) groups excluding carboxylic acids is 3. The van der Waals surface area contributed by atoms with E-state index in [-0.39, 0.29) is 41.0 Å². The van der Waals surface area contributed by atoms with E-state index in [1.54, 1.807) is 0 Å². The standard InChI is InChI=1S/C25H42N7O23P3S/c1-23(2,16(35)19(36)28-4-3-12(33)27-5-6-59-22(39)25(42,43)24(40,41)21(37)38)8-52-58(49,50)55-57(47,48)51-7-11-15(54-56(44,45)46)14(34)20(53-11)32-10-31-13-17(26)29-9-30-18(13)32/h9-11,14-16,20-21,34-35,37-38,40-43H,3-8H2,1-2H3,(H,27,33)(H,28,36)(H,47,48)(H,49,50)(H2,26,29,30)(H2,44,45,46)/t11-,14-,15-,16+,20-/m1/s1. The zero-order chi connectivity index (χ0) is 44.9. The van der Waals surface area contributed by atoms with Gasteiger partial charge in [-0.15, -0.1) is 0 Å². The number of carbonyl (C=O) groups is 3. The molecule has 0 aliphatic carbocycles. The predicted octanol–water partition coefficient (Wildman–Crippen LogP) is -5.66. The van der Waals surface area contributed by atoms with Crippen molar-refractivity contribution in [3.05, 3.63) is 12.7 Å². The van der Waals surface area contributed by atoms with Gasteiger partial charge in [0.1, 0.15) is 36.3 Å². The van der Waals surface area contributed by atoms with Crippen LogP contribution in [-0.2, 0) is 50.7 Å². The zero-order valence-corrected chi connectivity index (χ0v) is 33.8. The Hall–Kier alpha value is -2.68. The number of aliphatic hydroxyl groups is 8. The number of nitrogen functional groups attached to an aromatic ring is 1. The molecule has 0 radical (unpaired) electrons. The number of phosphoric acid groups is 3. The van der Waals surface area contributed by atoms with E-state index >= 15 is 0 Å². The summed E-state index contributed by atoms with van der Waals surface area (Å²) in [4.78, 5) is 87.2. The number of amides is 2. The van der Waals surface area contributed by atoms with Gasteiger partial charge in [0.05, 0.1) is 19.5 Å². The summed E-state index contributed by atoms with van der Waals surface area (Å²) in [5, 5.41) is 79.5. The second-order valence-electron chi connectivity index (χ2n) is 13.0. The number of imidazole rings is 1. The number of hydrogen-bond donors (Lipinski definition) is 15. The Kier molecular flexibility index (Phi) is 16.8. The summed E-state index contributed by atoms with van der Waals surface area (Å²) < 4.78 is 61.8. The molecule has 336 valence electrons. The van der Waals surface area contributed by atoms with Crippen molar-refractivity contribution in [2.45, 2.75) is 68.8 Å². The van der Waals surface area contributed by atoms with Crippen LogP contribution in [0, 0.1) is 5.41 Å². The number of rotatable bonds is 22. The van der Waals surface area contributed by atoms with E-state index in [9.17, 15) is 78.3 Å². The number of phosphoric ester groups is 3. The highest BCUT2D eigenvalue weighted by molar-refractivity contribution is 8.13. The minimum atomic E-state index is -5.64. The zero-order valence-electron chi connectivity index (χ0n) is 30.3. The Morgan fingerprint density at radius 2 is 1.61 bits per heavy atom. The van der Waals surface area contributed by atoms with Crippen LogP contribution in [0.1, 0.15) is 26.5 Å². The Morgan fingerprint density at radius 3 is 2.22 bits per heavy atom. The molecule has 1 aliphatic rings. The molecule has 1 saturated heterocycles. The maximum Gasteiger partial charge on any atom is 0.481 e. The first kappa shape index (κ1) is 50.7. The molecule has 1 aliphatic heterocycles. The monoisotopic (exact) mass is 933 g/mol. The van der Waals surface area contributed by atoms with Gasteiger partial charge in [0, 0.05) is 30.7 Å². The van der Waals surface area contributed by atoms with Crippen LogP contribution in [0.2, 0.25) is 0 Å². The maximum atomic E-state index is 12.7. The summed E-state index contributed by atoms with van der Waals surface area (Å²) in [5.41, 5.74) is 4.07. The van der Waals surface area contributed by atoms with Gasteiger partial charge in [0.2, 0.25) is 18.1 Å². The number of nitrogens with two attached hydrogens (primary N) is 1. The average molecular weight is 934 g/mol. The highest BCUT2D eigenvalue weighted by Gasteiger charge is 2.58. The van der Waals surface area contributed by atoms with Crippen LogP contribution in [0.25, 0.3) is 11.2 Å². The Morgan fingerprint density at radius 1 is 0.983 bits per heavy atom. The van der Waals surface area contributed by atoms with Gasteiger partial charge >= 0.3 is 23.5 Å². The third-order valence-electron chi connectivity index (χ3n) is 7.89. The van der Waals surface area contributed by atoms with Gasteiger partial charge in [-0.1, -0.05) is 25.6 Å². The first-order valence-corrected chi connectivity index (χ1v) is 21.7. The molecule has 7 atom stereocenters. The van der Waals surface area contributed by atoms with Gasteiger partial charge < -0.3 is 81.5 Å². The van der Waals surface area contributed by atoms with Gasteiger partial charge in [-0.05, 0) is 0 Å². The van der Waals surface area contributed by atoms with E-state index in [0.29, 0.717) is 0 Å². The summed E-state index contributed by atoms with van der Waals surface area (Å²) >= 11 is 0.0792. The van der Waals surface area contributed by atoms with Crippen LogP contribution in [0.3, 0.4) is 0 Å². The second kappa shape index (κ2) is 19.6. The van der Waals surface area contributed by atoms with Crippen molar-refractivity contribution in [2.24, 2.45) is 5.41 Å². The molecular formula is C25H42N7O23P3S. The third-order valence-corrected chi connectivity index (χ3v) is 11.9. The summed E-state index contributed by atoms with van der Waals surface area (Å²) in [5.74, 6) is -10.3. The number of hydrogen-bond acceptors (Lipinski definition) is 24. The van der Waals surface area contributed by atoms with Crippen molar-refractivity contribution in [1.29, 1.82) is 0 Å². The molecule has 1 fully saturated rings. The van der Waals surface area contributed by atoms with E-state index < -0.39 is 121 Å². The lowest BCUT2D eigenvalue weighted by atomic mass is 9.87. The van der Waals surface area contributed by atoms with E-state index in [1.807, 2.05) is 0 Å². The fourth-order valence-electron chi connectivity index (χ4n) is 4.70. The molecule has 0 saturated carbocycles. The van der Waals surface area contributed by atoms with Crippen molar-refractivity contribution in [3.8, 4) is 0 Å². The number of nitrogens with zero attached hydrogens (tertiary/aromatic N) is 4. The van der Waals surface area contributed by atoms with Crippen LogP contribution in [0.4, 0.5) is 5.82 Å². The number of anilines is 1. The summed E-state index contributed by atoms with van der Waals surface area (Å²) in [6.07, 6.45) is -10.6. The van der Waals surface area contributed by atoms with Gasteiger partial charge in [-0.25, -0.2) is 28.6 Å². The van der Waals surface area contributed by atoms with E-state index in [2.05, 4.69) is 34.4 Å². The molecule has 3 rings (SSSR count). The second-order valence-corrected chi connectivity index (χ2v) is 18.3. The van der Waals surface area contributed by atoms with E-state index in [4.69, 9.17) is 29.7 Å². The number of aliphatic hydroxyl groups excluding tert-OH is 3.